The zero-order valence-corrected chi connectivity index (χ0v) is 17.8. The van der Waals surface area contributed by atoms with Crippen LogP contribution in [-0.4, -0.2) is 41.9 Å². The lowest BCUT2D eigenvalue weighted by Crippen LogP contribution is -2.38. The Bertz CT molecular complexity index is 850. The van der Waals surface area contributed by atoms with Crippen LogP contribution in [0.5, 0.6) is 0 Å². The first-order valence-electron chi connectivity index (χ1n) is 10.1. The van der Waals surface area contributed by atoms with E-state index >= 15 is 0 Å². The third-order valence-electron chi connectivity index (χ3n) is 5.50. The van der Waals surface area contributed by atoms with Gasteiger partial charge in [0.1, 0.15) is 0 Å². The van der Waals surface area contributed by atoms with Crippen LogP contribution in [0.4, 0.5) is 10.5 Å². The molecule has 29 heavy (non-hydrogen) atoms. The average Bonchev–Trinajstić information content (AvgIpc) is 2.74. The normalized spacial score (nSPS) is 14.3. The van der Waals surface area contributed by atoms with Crippen LogP contribution < -0.4 is 5.32 Å². The van der Waals surface area contributed by atoms with E-state index in [1.807, 2.05) is 42.3 Å². The summed E-state index contributed by atoms with van der Waals surface area (Å²) in [4.78, 5) is 28.7. The van der Waals surface area contributed by atoms with Gasteiger partial charge in [0.2, 0.25) is 0 Å². The van der Waals surface area contributed by atoms with E-state index in [9.17, 15) is 9.59 Å². The molecule has 0 heterocycles. The van der Waals surface area contributed by atoms with Gasteiger partial charge in [-0.2, -0.15) is 0 Å². The quantitative estimate of drug-likeness (QED) is 0.712. The minimum atomic E-state index is -0.233. The highest BCUT2D eigenvalue weighted by Gasteiger charge is 2.24. The fourth-order valence-corrected chi connectivity index (χ4v) is 4.00. The smallest absolute Gasteiger partial charge is 0.321 e. The molecule has 0 bridgehead atoms. The lowest BCUT2D eigenvalue weighted by Gasteiger charge is -2.31. The fourth-order valence-electron chi connectivity index (χ4n) is 3.74. The second-order valence-corrected chi connectivity index (χ2v) is 8.08. The zero-order chi connectivity index (χ0) is 20.8. The molecule has 5 nitrogen and oxygen atoms in total. The zero-order valence-electron chi connectivity index (χ0n) is 17.0. The molecule has 1 saturated carbocycles. The summed E-state index contributed by atoms with van der Waals surface area (Å²) in [6.07, 6.45) is 5.66. The van der Waals surface area contributed by atoms with Crippen LogP contribution in [0.3, 0.4) is 0 Å². The van der Waals surface area contributed by atoms with Gasteiger partial charge in [0.25, 0.3) is 5.91 Å². The number of carbonyl (C=O) groups excluding carboxylic acids is 2. The molecule has 0 unspecified atom stereocenters. The van der Waals surface area contributed by atoms with Gasteiger partial charge in [0, 0.05) is 32.4 Å². The van der Waals surface area contributed by atoms with Crippen molar-refractivity contribution < 1.29 is 9.59 Å². The Hall–Kier alpha value is -2.53. The number of carbonyl (C=O) groups is 2. The van der Waals surface area contributed by atoms with E-state index in [2.05, 4.69) is 5.32 Å². The number of halogens is 1. The maximum atomic E-state index is 12.9. The fraction of sp³-hybridized carbons (Fsp3) is 0.391. The van der Waals surface area contributed by atoms with Crippen LogP contribution in [0, 0.1) is 0 Å². The van der Waals surface area contributed by atoms with Gasteiger partial charge in [-0.15, -0.1) is 0 Å². The summed E-state index contributed by atoms with van der Waals surface area (Å²) in [5.74, 6) is -0.0685. The SMILES string of the molecule is CN(Cc1ccccc1)C(=O)Nc1ccc(C(=O)N(C)C2CCCCC2)c(Cl)c1. The van der Waals surface area contributed by atoms with Gasteiger partial charge < -0.3 is 15.1 Å². The molecule has 3 rings (SSSR count). The Morgan fingerprint density at radius 1 is 1.03 bits per heavy atom. The Balaban J connectivity index is 1.62. The molecule has 1 fully saturated rings. The number of anilines is 1. The van der Waals surface area contributed by atoms with E-state index < -0.39 is 0 Å². The Morgan fingerprint density at radius 3 is 2.38 bits per heavy atom. The number of rotatable bonds is 5. The molecule has 1 aliphatic rings. The Kier molecular flexibility index (Phi) is 7.15. The van der Waals surface area contributed by atoms with E-state index in [0.29, 0.717) is 22.8 Å². The molecule has 0 aliphatic heterocycles. The van der Waals surface area contributed by atoms with E-state index in [0.717, 1.165) is 31.2 Å². The van der Waals surface area contributed by atoms with Gasteiger partial charge in [0.05, 0.1) is 10.6 Å². The topological polar surface area (TPSA) is 52.7 Å². The van der Waals surface area contributed by atoms with Gasteiger partial charge >= 0.3 is 6.03 Å². The second kappa shape index (κ2) is 9.79. The molecule has 0 spiro atoms. The van der Waals surface area contributed by atoms with Crippen molar-refractivity contribution in [3.63, 3.8) is 0 Å². The lowest BCUT2D eigenvalue weighted by molar-refractivity contribution is 0.0696. The summed E-state index contributed by atoms with van der Waals surface area (Å²) < 4.78 is 0. The third-order valence-corrected chi connectivity index (χ3v) is 5.82. The minimum Gasteiger partial charge on any atom is -0.339 e. The summed E-state index contributed by atoms with van der Waals surface area (Å²) in [5.41, 5.74) is 2.09. The third kappa shape index (κ3) is 5.51. The maximum Gasteiger partial charge on any atom is 0.321 e. The van der Waals surface area contributed by atoms with E-state index in [-0.39, 0.29) is 18.0 Å². The molecule has 0 radical (unpaired) electrons. The lowest BCUT2D eigenvalue weighted by atomic mass is 9.94. The van der Waals surface area contributed by atoms with Crippen molar-refractivity contribution >= 4 is 29.2 Å². The van der Waals surface area contributed by atoms with Crippen LogP contribution in [0.2, 0.25) is 5.02 Å². The minimum absolute atomic E-state index is 0.0685. The summed E-state index contributed by atoms with van der Waals surface area (Å²) in [6, 6.07) is 14.9. The highest BCUT2D eigenvalue weighted by atomic mass is 35.5. The largest absolute Gasteiger partial charge is 0.339 e. The van der Waals surface area contributed by atoms with Crippen molar-refractivity contribution in [2.24, 2.45) is 0 Å². The molecule has 0 atom stereocenters. The molecule has 1 N–H and O–H groups in total. The number of nitrogens with zero attached hydrogens (tertiary/aromatic N) is 2. The van der Waals surface area contributed by atoms with Gasteiger partial charge in [0.15, 0.2) is 0 Å². The molecule has 1 aliphatic carbocycles. The van der Waals surface area contributed by atoms with Crippen molar-refractivity contribution in [3.05, 3.63) is 64.7 Å². The van der Waals surface area contributed by atoms with E-state index in [1.54, 1.807) is 30.1 Å². The van der Waals surface area contributed by atoms with Crippen molar-refractivity contribution in [2.45, 2.75) is 44.7 Å². The maximum absolute atomic E-state index is 12.9. The van der Waals surface area contributed by atoms with Crippen LogP contribution in [0.1, 0.15) is 48.0 Å². The van der Waals surface area contributed by atoms with Crippen molar-refractivity contribution in [1.82, 2.24) is 9.80 Å². The molecule has 3 amide bonds. The van der Waals surface area contributed by atoms with Crippen LogP contribution in [0.25, 0.3) is 0 Å². The van der Waals surface area contributed by atoms with Gasteiger partial charge in [-0.05, 0) is 36.6 Å². The number of hydrogen-bond acceptors (Lipinski definition) is 2. The van der Waals surface area contributed by atoms with Crippen LogP contribution in [0.15, 0.2) is 48.5 Å². The predicted octanol–water partition coefficient (Wildman–Crippen LogP) is 5.41. The molecule has 154 valence electrons. The van der Waals surface area contributed by atoms with Gasteiger partial charge in [-0.1, -0.05) is 61.2 Å². The summed E-state index contributed by atoms with van der Waals surface area (Å²) in [5, 5.41) is 3.19. The number of hydrogen-bond donors (Lipinski definition) is 1. The first kappa shape index (κ1) is 21.2. The highest BCUT2D eigenvalue weighted by Crippen LogP contribution is 2.26. The first-order valence-corrected chi connectivity index (χ1v) is 10.5. The molecule has 2 aromatic carbocycles. The summed E-state index contributed by atoms with van der Waals surface area (Å²) >= 11 is 6.39. The van der Waals surface area contributed by atoms with Gasteiger partial charge in [-0.25, -0.2) is 4.79 Å². The second-order valence-electron chi connectivity index (χ2n) is 7.67. The highest BCUT2D eigenvalue weighted by molar-refractivity contribution is 6.34. The van der Waals surface area contributed by atoms with Crippen molar-refractivity contribution in [3.8, 4) is 0 Å². The Labute approximate surface area is 177 Å². The summed E-state index contributed by atoms with van der Waals surface area (Å²) in [7, 11) is 3.59. The molecule has 0 aromatic heterocycles. The predicted molar refractivity (Wildman–Crippen MR) is 117 cm³/mol. The monoisotopic (exact) mass is 413 g/mol. The number of amides is 3. The van der Waals surface area contributed by atoms with Gasteiger partial charge in [-0.3, -0.25) is 4.79 Å². The van der Waals surface area contributed by atoms with Crippen LogP contribution in [-0.2, 0) is 6.54 Å². The van der Waals surface area contributed by atoms with Crippen LogP contribution >= 0.6 is 11.6 Å². The van der Waals surface area contributed by atoms with Crippen molar-refractivity contribution in [2.75, 3.05) is 19.4 Å². The molecule has 6 heteroatoms. The van der Waals surface area contributed by atoms with E-state index in [4.69, 9.17) is 11.6 Å². The molecule has 0 saturated heterocycles. The summed E-state index contributed by atoms with van der Waals surface area (Å²) in [6.45, 7) is 0.503. The standard InChI is InChI=1S/C23H28ClN3O2/c1-26(16-17-9-5-3-6-10-17)23(29)25-18-13-14-20(21(24)15-18)22(28)27(2)19-11-7-4-8-12-19/h3,5-6,9-10,13-15,19H,4,7-8,11-12,16H2,1-2H3,(H,25,29). The number of urea groups is 1. The number of benzene rings is 2. The molecular formula is C23H28ClN3O2. The molecular weight excluding hydrogens is 386 g/mol. The Morgan fingerprint density at radius 2 is 1.72 bits per heavy atom. The molecule has 2 aromatic rings. The first-order chi connectivity index (χ1) is 14.0. The average molecular weight is 414 g/mol. The number of nitrogens with one attached hydrogen (secondary N) is 1. The van der Waals surface area contributed by atoms with Crippen molar-refractivity contribution in [1.29, 1.82) is 0 Å². The van der Waals surface area contributed by atoms with E-state index in [1.165, 1.54) is 6.42 Å².